The average molecular weight is 600 g/mol. The van der Waals surface area contributed by atoms with Gasteiger partial charge in [0, 0.05) is 52.3 Å². The fourth-order valence-corrected chi connectivity index (χ4v) is 6.92. The Morgan fingerprint density at radius 3 is 2.13 bits per heavy atom. The molecule has 0 atom stereocenters. The third-order valence-electron chi connectivity index (χ3n) is 5.77. The van der Waals surface area contributed by atoms with Crippen molar-refractivity contribution in [3.8, 4) is 0 Å². The van der Waals surface area contributed by atoms with Crippen LogP contribution >= 0.6 is 11.3 Å². The maximum Gasteiger partial charge on any atom is 0.279 e. The molecule has 2 aromatic carbocycles. The largest absolute Gasteiger partial charge is 0.383 e. The summed E-state index contributed by atoms with van der Waals surface area (Å²) < 4.78 is 69.6. The van der Waals surface area contributed by atoms with Crippen molar-refractivity contribution in [3.63, 3.8) is 0 Å². The van der Waals surface area contributed by atoms with Gasteiger partial charge in [-0.05, 0) is 49.4 Å². The maximum atomic E-state index is 13.1. The van der Waals surface area contributed by atoms with Gasteiger partial charge in [-0.25, -0.2) is 16.8 Å². The molecule has 3 rings (SSSR count). The van der Waals surface area contributed by atoms with Crippen LogP contribution in [0.25, 0.3) is 10.2 Å². The molecule has 0 N–H and O–H groups in total. The topological polar surface area (TPSA) is 134 Å². The van der Waals surface area contributed by atoms with Crippen LogP contribution in [-0.4, -0.2) is 91.6 Å². The highest BCUT2D eigenvalue weighted by Gasteiger charge is 2.24. The van der Waals surface area contributed by atoms with E-state index in [0.29, 0.717) is 29.3 Å². The molecular formula is C25H33N3O8S3. The van der Waals surface area contributed by atoms with Crippen molar-refractivity contribution in [1.82, 2.24) is 8.87 Å². The van der Waals surface area contributed by atoms with Crippen molar-refractivity contribution in [2.24, 2.45) is 4.99 Å². The molecule has 0 saturated heterocycles. The minimum Gasteiger partial charge on any atom is -0.383 e. The molecule has 0 spiro atoms. The molecule has 14 heteroatoms. The molecule has 0 radical (unpaired) electrons. The van der Waals surface area contributed by atoms with Gasteiger partial charge in [-0.1, -0.05) is 11.3 Å². The summed E-state index contributed by atoms with van der Waals surface area (Å²) in [7, 11) is -4.26. The summed E-state index contributed by atoms with van der Waals surface area (Å²) >= 11 is 1.19. The average Bonchev–Trinajstić information content (AvgIpc) is 3.24. The zero-order valence-corrected chi connectivity index (χ0v) is 24.8. The van der Waals surface area contributed by atoms with Gasteiger partial charge in [-0.15, -0.1) is 0 Å². The van der Waals surface area contributed by atoms with Gasteiger partial charge in [0.1, 0.15) is 0 Å². The van der Waals surface area contributed by atoms with E-state index in [9.17, 15) is 21.6 Å². The number of hydrogen-bond acceptors (Lipinski definition) is 9. The predicted octanol–water partition coefficient (Wildman–Crippen LogP) is 2.17. The van der Waals surface area contributed by atoms with Crippen LogP contribution in [0, 0.1) is 0 Å². The number of aromatic nitrogens is 1. The van der Waals surface area contributed by atoms with Gasteiger partial charge in [0.05, 0.1) is 39.8 Å². The monoisotopic (exact) mass is 599 g/mol. The first-order valence-corrected chi connectivity index (χ1v) is 16.3. The van der Waals surface area contributed by atoms with Crippen molar-refractivity contribution in [2.75, 3.05) is 60.0 Å². The molecule has 1 aromatic heterocycles. The molecular weight excluding hydrogens is 566 g/mol. The Kier molecular flexibility index (Phi) is 11.0. The standard InChI is InChI=1S/C25H33N3O8S3/c1-5-36-17-14-28-22-11-10-21(38(4,30)31)18-23(22)37-25(28)26-24(29)19-6-8-20(9-7-19)39(32,33)27(12-15-34-2)13-16-35-3/h6-11,18H,5,12-17H2,1-4H3. The second-order valence-corrected chi connectivity index (χ2v) is 13.4. The first-order chi connectivity index (χ1) is 18.5. The van der Waals surface area contributed by atoms with Crippen LogP contribution in [0.15, 0.2) is 57.2 Å². The summed E-state index contributed by atoms with van der Waals surface area (Å²) in [5.74, 6) is -0.561. The van der Waals surface area contributed by atoms with E-state index in [1.807, 2.05) is 11.5 Å². The van der Waals surface area contributed by atoms with Gasteiger partial charge >= 0.3 is 0 Å². The van der Waals surface area contributed by atoms with Crippen molar-refractivity contribution >= 4 is 47.3 Å². The molecule has 1 amide bonds. The Labute approximate surface area is 232 Å². The summed E-state index contributed by atoms with van der Waals surface area (Å²) in [5.41, 5.74) is 0.937. The molecule has 1 heterocycles. The van der Waals surface area contributed by atoms with E-state index in [1.165, 1.54) is 60.2 Å². The van der Waals surface area contributed by atoms with Gasteiger partial charge in [0.15, 0.2) is 14.6 Å². The van der Waals surface area contributed by atoms with Crippen LogP contribution in [0.1, 0.15) is 17.3 Å². The summed E-state index contributed by atoms with van der Waals surface area (Å²) in [6.07, 6.45) is 1.14. The Morgan fingerprint density at radius 1 is 0.949 bits per heavy atom. The van der Waals surface area contributed by atoms with Gasteiger partial charge in [-0.2, -0.15) is 9.30 Å². The second kappa shape index (κ2) is 13.7. The van der Waals surface area contributed by atoms with Crippen molar-refractivity contribution in [2.45, 2.75) is 23.3 Å². The molecule has 0 aliphatic heterocycles. The minimum absolute atomic E-state index is 0.0354. The number of nitrogens with zero attached hydrogens (tertiary/aromatic N) is 3. The van der Waals surface area contributed by atoms with Crippen LogP contribution in [0.3, 0.4) is 0 Å². The first kappa shape index (κ1) is 31.1. The van der Waals surface area contributed by atoms with Crippen LogP contribution in [0.5, 0.6) is 0 Å². The maximum absolute atomic E-state index is 13.1. The number of sulfone groups is 1. The lowest BCUT2D eigenvalue weighted by Crippen LogP contribution is -2.36. The van der Waals surface area contributed by atoms with E-state index in [-0.39, 0.29) is 41.7 Å². The number of carbonyl (C=O) groups is 1. The number of benzene rings is 2. The SMILES string of the molecule is CCOCCn1c(=NC(=O)c2ccc(S(=O)(=O)N(CCOC)CCOC)cc2)sc2cc(S(C)(=O)=O)ccc21. The summed E-state index contributed by atoms with van der Waals surface area (Å²) in [5, 5.41) is 0. The molecule has 11 nitrogen and oxygen atoms in total. The Balaban J connectivity index is 1.96. The van der Waals surface area contributed by atoms with Crippen LogP contribution in [0.2, 0.25) is 0 Å². The molecule has 0 unspecified atom stereocenters. The van der Waals surface area contributed by atoms with Crippen LogP contribution in [0.4, 0.5) is 0 Å². The van der Waals surface area contributed by atoms with Crippen LogP contribution < -0.4 is 4.80 Å². The third-order valence-corrected chi connectivity index (χ3v) is 9.84. The number of hydrogen-bond donors (Lipinski definition) is 0. The number of thiazole rings is 1. The fourth-order valence-electron chi connectivity index (χ4n) is 3.69. The van der Waals surface area contributed by atoms with E-state index in [4.69, 9.17) is 14.2 Å². The molecule has 0 bridgehead atoms. The van der Waals surface area contributed by atoms with Crippen LogP contribution in [-0.2, 0) is 40.6 Å². The fraction of sp³-hybridized carbons (Fsp3) is 0.440. The molecule has 0 saturated carbocycles. The normalized spacial score (nSPS) is 13.0. The number of rotatable bonds is 14. The highest BCUT2D eigenvalue weighted by atomic mass is 32.2. The second-order valence-electron chi connectivity index (χ2n) is 8.47. The van der Waals surface area contributed by atoms with E-state index in [0.717, 1.165) is 11.8 Å². The lowest BCUT2D eigenvalue weighted by molar-refractivity contribution is 0.0996. The predicted molar refractivity (Wildman–Crippen MR) is 148 cm³/mol. The van der Waals surface area contributed by atoms with Gasteiger partial charge < -0.3 is 18.8 Å². The molecule has 39 heavy (non-hydrogen) atoms. The molecule has 3 aromatic rings. The quantitative estimate of drug-likeness (QED) is 0.258. The lowest BCUT2D eigenvalue weighted by Gasteiger charge is -2.21. The number of sulfonamides is 1. The summed E-state index contributed by atoms with van der Waals surface area (Å²) in [6, 6.07) is 10.4. The van der Waals surface area contributed by atoms with Crippen molar-refractivity contribution in [1.29, 1.82) is 0 Å². The highest BCUT2D eigenvalue weighted by Crippen LogP contribution is 2.22. The number of carbonyl (C=O) groups excluding carboxylic acids is 1. The number of fused-ring (bicyclic) bond motifs is 1. The Bertz CT molecular complexity index is 1550. The zero-order chi connectivity index (χ0) is 28.6. The molecule has 214 valence electrons. The smallest absolute Gasteiger partial charge is 0.279 e. The van der Waals surface area contributed by atoms with Gasteiger partial charge in [0.25, 0.3) is 5.91 Å². The highest BCUT2D eigenvalue weighted by molar-refractivity contribution is 7.90. The van der Waals surface area contributed by atoms with Crippen molar-refractivity contribution < 1.29 is 35.8 Å². The van der Waals surface area contributed by atoms with E-state index >= 15 is 0 Å². The molecule has 0 aliphatic carbocycles. The number of amides is 1. The lowest BCUT2D eigenvalue weighted by atomic mass is 10.2. The molecule has 0 fully saturated rings. The minimum atomic E-state index is -3.83. The van der Waals surface area contributed by atoms with Gasteiger partial charge in [-0.3, -0.25) is 4.79 Å². The number of methoxy groups -OCH3 is 2. The summed E-state index contributed by atoms with van der Waals surface area (Å²) in [6.45, 7) is 3.96. The third kappa shape index (κ3) is 7.81. The first-order valence-electron chi connectivity index (χ1n) is 12.1. The van der Waals surface area contributed by atoms with E-state index in [1.54, 1.807) is 12.1 Å². The van der Waals surface area contributed by atoms with E-state index < -0.39 is 25.8 Å². The van der Waals surface area contributed by atoms with Crippen molar-refractivity contribution in [3.05, 3.63) is 52.8 Å². The van der Waals surface area contributed by atoms with Gasteiger partial charge in [0.2, 0.25) is 10.0 Å². The Morgan fingerprint density at radius 2 is 1.56 bits per heavy atom. The molecule has 0 aliphatic rings. The summed E-state index contributed by atoms with van der Waals surface area (Å²) in [4.78, 5) is 18.0. The Hall–Kier alpha value is -2.46. The van der Waals surface area contributed by atoms with E-state index in [2.05, 4.69) is 4.99 Å². The zero-order valence-electron chi connectivity index (χ0n) is 22.3. The number of ether oxygens (including phenoxy) is 3.